The van der Waals surface area contributed by atoms with Crippen molar-refractivity contribution in [3.05, 3.63) is 30.1 Å². The average Bonchev–Trinajstić information content (AvgIpc) is 2.55. The van der Waals surface area contributed by atoms with E-state index in [0.29, 0.717) is 32.1 Å². The molecule has 1 aromatic carbocycles. The Hall–Kier alpha value is -1.70. The average molecular weight is 328 g/mol. The van der Waals surface area contributed by atoms with Crippen LogP contribution in [-0.2, 0) is 9.53 Å². The zero-order valence-corrected chi connectivity index (χ0v) is 13.6. The maximum Gasteiger partial charge on any atom is 0.252 e. The Bertz CT molecular complexity index is 456. The van der Waals surface area contributed by atoms with Crippen LogP contribution in [0.5, 0.6) is 5.75 Å². The van der Waals surface area contributed by atoms with E-state index in [-0.39, 0.29) is 24.9 Å². The molecule has 1 atom stereocenters. The molecule has 23 heavy (non-hydrogen) atoms. The van der Waals surface area contributed by atoms with Crippen LogP contribution in [-0.4, -0.2) is 68.5 Å². The van der Waals surface area contributed by atoms with E-state index >= 15 is 0 Å². The first kappa shape index (κ1) is 19.3. The Balaban J connectivity index is 2.20. The Morgan fingerprint density at radius 3 is 2.70 bits per heavy atom. The molecular weight excluding hydrogens is 303 g/mol. The number of carbonyl (C=O) groups is 1. The van der Waals surface area contributed by atoms with Crippen molar-refractivity contribution in [2.75, 3.05) is 46.5 Å². The van der Waals surface area contributed by atoms with Crippen molar-refractivity contribution >= 4 is 5.91 Å². The number of nitrogens with zero attached hydrogens (tertiary/aromatic N) is 1. The van der Waals surface area contributed by atoms with Gasteiger partial charge in [-0.15, -0.1) is 0 Å². The van der Waals surface area contributed by atoms with Crippen LogP contribution in [0.1, 0.15) is 6.92 Å². The van der Waals surface area contributed by atoms with Gasteiger partial charge in [0.1, 0.15) is 24.3 Å². The van der Waals surface area contributed by atoms with Crippen LogP contribution in [0.2, 0.25) is 0 Å². The molecule has 1 aromatic rings. The van der Waals surface area contributed by atoms with Crippen molar-refractivity contribution in [2.45, 2.75) is 13.0 Å². The van der Waals surface area contributed by atoms with Crippen LogP contribution in [0, 0.1) is 5.82 Å². The molecule has 0 saturated heterocycles. The third kappa shape index (κ3) is 7.92. The summed E-state index contributed by atoms with van der Waals surface area (Å²) in [7, 11) is 1.60. The quantitative estimate of drug-likeness (QED) is 0.584. The molecule has 0 aliphatic rings. The second kappa shape index (κ2) is 10.9. The molecule has 0 fully saturated rings. The molecule has 6 nitrogen and oxygen atoms in total. The zero-order valence-electron chi connectivity index (χ0n) is 13.6. The predicted molar refractivity (Wildman–Crippen MR) is 84.9 cm³/mol. The highest BCUT2D eigenvalue weighted by atomic mass is 19.1. The van der Waals surface area contributed by atoms with Crippen molar-refractivity contribution in [1.29, 1.82) is 0 Å². The molecule has 0 aliphatic carbocycles. The number of likely N-dealkylation sites (N-methyl/N-ethyl adjacent to an activating group) is 1. The highest BCUT2D eigenvalue weighted by molar-refractivity contribution is 5.80. The minimum absolute atomic E-state index is 0.176. The summed E-state index contributed by atoms with van der Waals surface area (Å²) < 4.78 is 23.3. The lowest BCUT2D eigenvalue weighted by Gasteiger charge is -2.21. The molecule has 0 bridgehead atoms. The molecule has 7 heteroatoms. The van der Waals surface area contributed by atoms with Gasteiger partial charge in [-0.1, -0.05) is 0 Å². The van der Waals surface area contributed by atoms with Gasteiger partial charge in [-0.05, 0) is 31.2 Å². The minimum Gasteiger partial charge on any atom is -0.492 e. The number of nitrogens with one attached hydrogen (secondary N) is 1. The number of ether oxygens (including phenoxy) is 2. The fraction of sp³-hybridized carbons (Fsp3) is 0.562. The van der Waals surface area contributed by atoms with Crippen LogP contribution < -0.4 is 10.1 Å². The van der Waals surface area contributed by atoms with E-state index in [1.165, 1.54) is 29.2 Å². The number of aliphatic hydroxyl groups is 1. The van der Waals surface area contributed by atoms with E-state index < -0.39 is 6.10 Å². The van der Waals surface area contributed by atoms with E-state index in [1.807, 2.05) is 6.92 Å². The van der Waals surface area contributed by atoms with Gasteiger partial charge in [0, 0.05) is 26.7 Å². The number of amides is 1. The van der Waals surface area contributed by atoms with Crippen LogP contribution >= 0.6 is 0 Å². The molecule has 0 aliphatic heterocycles. The molecule has 0 radical (unpaired) electrons. The second-order valence-electron chi connectivity index (χ2n) is 4.98. The summed E-state index contributed by atoms with van der Waals surface area (Å²) >= 11 is 0. The number of halogens is 1. The summed E-state index contributed by atoms with van der Waals surface area (Å²) in [6, 6.07) is 5.66. The Labute approximate surface area is 136 Å². The summed E-state index contributed by atoms with van der Waals surface area (Å²) in [4.78, 5) is 13.4. The maximum atomic E-state index is 12.8. The van der Waals surface area contributed by atoms with Crippen LogP contribution in [0.25, 0.3) is 0 Å². The number of rotatable bonds is 11. The Kier molecular flexibility index (Phi) is 9.20. The van der Waals surface area contributed by atoms with Gasteiger partial charge >= 0.3 is 0 Å². The number of carbonyl (C=O) groups excluding carboxylic acids is 1. The van der Waals surface area contributed by atoms with E-state index in [2.05, 4.69) is 5.32 Å². The molecule has 1 unspecified atom stereocenters. The lowest BCUT2D eigenvalue weighted by molar-refractivity contribution is -0.138. The summed E-state index contributed by atoms with van der Waals surface area (Å²) in [5, 5.41) is 12.8. The van der Waals surface area contributed by atoms with Gasteiger partial charge in [-0.25, -0.2) is 4.39 Å². The van der Waals surface area contributed by atoms with Gasteiger partial charge in [-0.3, -0.25) is 4.79 Å². The largest absolute Gasteiger partial charge is 0.492 e. The molecule has 0 spiro atoms. The highest BCUT2D eigenvalue weighted by Crippen LogP contribution is 2.10. The fourth-order valence-corrected chi connectivity index (χ4v) is 1.81. The fourth-order valence-electron chi connectivity index (χ4n) is 1.81. The van der Waals surface area contributed by atoms with Crippen molar-refractivity contribution < 1.29 is 23.8 Å². The SMILES string of the molecule is CCOCCNCC(O)C(=O)N(C)CCOc1ccc(F)cc1. The summed E-state index contributed by atoms with van der Waals surface area (Å²) in [6.07, 6.45) is -1.10. The van der Waals surface area contributed by atoms with Gasteiger partial charge in [0.2, 0.25) is 0 Å². The van der Waals surface area contributed by atoms with E-state index in [0.717, 1.165) is 0 Å². The third-order valence-electron chi connectivity index (χ3n) is 3.14. The van der Waals surface area contributed by atoms with E-state index in [9.17, 15) is 14.3 Å². The van der Waals surface area contributed by atoms with Gasteiger partial charge in [0.15, 0.2) is 0 Å². The standard InChI is InChI=1S/C16H25FN2O4/c1-3-22-10-8-18-12-15(20)16(21)19(2)9-11-23-14-6-4-13(17)5-7-14/h4-7,15,18,20H,3,8-12H2,1-2H3. The van der Waals surface area contributed by atoms with Gasteiger partial charge < -0.3 is 24.8 Å². The molecule has 1 rings (SSSR count). The molecule has 130 valence electrons. The van der Waals surface area contributed by atoms with Crippen molar-refractivity contribution in [3.63, 3.8) is 0 Å². The first-order valence-electron chi connectivity index (χ1n) is 7.64. The van der Waals surface area contributed by atoms with Crippen molar-refractivity contribution in [3.8, 4) is 5.75 Å². The molecule has 0 aromatic heterocycles. The van der Waals surface area contributed by atoms with Crippen LogP contribution in [0.3, 0.4) is 0 Å². The summed E-state index contributed by atoms with van der Waals surface area (Å²) in [5.74, 6) is -0.174. The number of hydrogen-bond acceptors (Lipinski definition) is 5. The molecule has 1 amide bonds. The minimum atomic E-state index is -1.10. The molecule has 0 saturated carbocycles. The lowest BCUT2D eigenvalue weighted by atomic mass is 10.3. The topological polar surface area (TPSA) is 71.0 Å². The van der Waals surface area contributed by atoms with Gasteiger partial charge in [0.25, 0.3) is 5.91 Å². The van der Waals surface area contributed by atoms with Crippen molar-refractivity contribution in [2.24, 2.45) is 0 Å². The number of aliphatic hydroxyl groups excluding tert-OH is 1. The number of benzene rings is 1. The Morgan fingerprint density at radius 2 is 2.04 bits per heavy atom. The first-order chi connectivity index (χ1) is 11.0. The maximum absolute atomic E-state index is 12.8. The van der Waals surface area contributed by atoms with Gasteiger partial charge in [-0.2, -0.15) is 0 Å². The zero-order chi connectivity index (χ0) is 17.1. The van der Waals surface area contributed by atoms with Crippen LogP contribution in [0.4, 0.5) is 4.39 Å². The smallest absolute Gasteiger partial charge is 0.252 e. The molecule has 2 N–H and O–H groups in total. The Morgan fingerprint density at radius 1 is 1.35 bits per heavy atom. The third-order valence-corrected chi connectivity index (χ3v) is 3.14. The highest BCUT2D eigenvalue weighted by Gasteiger charge is 2.18. The predicted octanol–water partition coefficient (Wildman–Crippen LogP) is 0.650. The molecular formula is C16H25FN2O4. The first-order valence-corrected chi connectivity index (χ1v) is 7.64. The second-order valence-corrected chi connectivity index (χ2v) is 4.98. The number of hydrogen-bond donors (Lipinski definition) is 2. The van der Waals surface area contributed by atoms with E-state index in [4.69, 9.17) is 9.47 Å². The molecule has 0 heterocycles. The monoisotopic (exact) mass is 328 g/mol. The van der Waals surface area contributed by atoms with E-state index in [1.54, 1.807) is 7.05 Å². The van der Waals surface area contributed by atoms with Crippen molar-refractivity contribution in [1.82, 2.24) is 10.2 Å². The summed E-state index contributed by atoms with van der Waals surface area (Å²) in [6.45, 7) is 4.43. The van der Waals surface area contributed by atoms with Gasteiger partial charge in [0.05, 0.1) is 13.2 Å². The summed E-state index contributed by atoms with van der Waals surface area (Å²) in [5.41, 5.74) is 0. The lowest BCUT2D eigenvalue weighted by Crippen LogP contribution is -2.43. The normalized spacial score (nSPS) is 12.0. The van der Waals surface area contributed by atoms with Crippen LogP contribution in [0.15, 0.2) is 24.3 Å².